The van der Waals surface area contributed by atoms with Gasteiger partial charge in [-0.2, -0.15) is 5.10 Å². The average Bonchev–Trinajstić information content (AvgIpc) is 2.31. The molecule has 13 heavy (non-hydrogen) atoms. The van der Waals surface area contributed by atoms with Gasteiger partial charge in [0.05, 0.1) is 12.7 Å². The van der Waals surface area contributed by atoms with Gasteiger partial charge >= 0.3 is 0 Å². The van der Waals surface area contributed by atoms with E-state index in [2.05, 4.69) is 25.1 Å². The van der Waals surface area contributed by atoms with E-state index in [1.165, 1.54) is 5.56 Å². The molecule has 1 aromatic rings. The van der Waals surface area contributed by atoms with Crippen LogP contribution in [0.4, 0.5) is 0 Å². The van der Waals surface area contributed by atoms with Crippen molar-refractivity contribution in [3.05, 3.63) is 18.0 Å². The lowest BCUT2D eigenvalue weighted by atomic mass is 10.1. The Kier molecular flexibility index (Phi) is 2.76. The second-order valence-electron chi connectivity index (χ2n) is 4.61. The van der Waals surface area contributed by atoms with Gasteiger partial charge in [0.25, 0.3) is 0 Å². The fourth-order valence-electron chi connectivity index (χ4n) is 1.18. The van der Waals surface area contributed by atoms with Crippen LogP contribution in [0.25, 0.3) is 0 Å². The summed E-state index contributed by atoms with van der Waals surface area (Å²) in [6.07, 6.45) is 3.98. The number of nitrogens with zero attached hydrogens (tertiary/aromatic N) is 2. The molecule has 0 atom stereocenters. The zero-order valence-corrected chi connectivity index (χ0v) is 8.91. The van der Waals surface area contributed by atoms with Crippen molar-refractivity contribution in [2.24, 2.45) is 5.73 Å². The Bertz CT molecular complexity index is 268. The Labute approximate surface area is 79.9 Å². The predicted octanol–water partition coefficient (Wildman–Crippen LogP) is 1.74. The molecule has 0 saturated carbocycles. The molecule has 0 saturated heterocycles. The molecule has 0 amide bonds. The van der Waals surface area contributed by atoms with Gasteiger partial charge in [0.1, 0.15) is 0 Å². The fourth-order valence-corrected chi connectivity index (χ4v) is 1.18. The van der Waals surface area contributed by atoms with Gasteiger partial charge in [-0.15, -0.1) is 0 Å². The third-order valence-corrected chi connectivity index (χ3v) is 1.89. The number of hydrogen-bond acceptors (Lipinski definition) is 2. The third-order valence-electron chi connectivity index (χ3n) is 1.89. The smallest absolute Gasteiger partial charge is 0.0583 e. The fraction of sp³-hybridized carbons (Fsp3) is 0.700. The van der Waals surface area contributed by atoms with Gasteiger partial charge in [-0.25, -0.2) is 0 Å². The van der Waals surface area contributed by atoms with Crippen LogP contribution >= 0.6 is 0 Å². The second-order valence-corrected chi connectivity index (χ2v) is 4.61. The minimum absolute atomic E-state index is 0.194. The molecule has 0 fully saturated rings. The molecule has 0 radical (unpaired) electrons. The minimum atomic E-state index is -0.194. The highest BCUT2D eigenvalue weighted by molar-refractivity contribution is 5.08. The molecule has 74 valence electrons. The summed E-state index contributed by atoms with van der Waals surface area (Å²) in [6, 6.07) is 0. The Morgan fingerprint density at radius 3 is 2.54 bits per heavy atom. The van der Waals surface area contributed by atoms with Crippen molar-refractivity contribution in [2.45, 2.75) is 45.7 Å². The Morgan fingerprint density at radius 1 is 1.54 bits per heavy atom. The van der Waals surface area contributed by atoms with Crippen LogP contribution in [0.15, 0.2) is 12.4 Å². The lowest BCUT2D eigenvalue weighted by Crippen LogP contribution is -2.37. The van der Waals surface area contributed by atoms with E-state index in [-0.39, 0.29) is 5.54 Å². The zero-order chi connectivity index (χ0) is 10.1. The molecular formula is C10H19N3. The van der Waals surface area contributed by atoms with Gasteiger partial charge < -0.3 is 5.73 Å². The van der Waals surface area contributed by atoms with Gasteiger partial charge in [-0.05, 0) is 25.3 Å². The SMILES string of the molecule is CC(C)c1cnn(CC(C)(C)N)c1. The van der Waals surface area contributed by atoms with Gasteiger partial charge in [0, 0.05) is 11.7 Å². The minimum Gasteiger partial charge on any atom is -0.324 e. The van der Waals surface area contributed by atoms with E-state index >= 15 is 0 Å². The Morgan fingerprint density at radius 2 is 2.15 bits per heavy atom. The quantitative estimate of drug-likeness (QED) is 0.772. The van der Waals surface area contributed by atoms with Crippen LogP contribution < -0.4 is 5.73 Å². The van der Waals surface area contributed by atoms with Crippen LogP contribution in [-0.4, -0.2) is 15.3 Å². The van der Waals surface area contributed by atoms with Crippen molar-refractivity contribution in [2.75, 3.05) is 0 Å². The van der Waals surface area contributed by atoms with Crippen molar-refractivity contribution in [1.82, 2.24) is 9.78 Å². The highest BCUT2D eigenvalue weighted by Crippen LogP contribution is 2.13. The zero-order valence-electron chi connectivity index (χ0n) is 8.91. The maximum absolute atomic E-state index is 5.89. The Hall–Kier alpha value is -0.830. The van der Waals surface area contributed by atoms with Crippen molar-refractivity contribution in [1.29, 1.82) is 0 Å². The van der Waals surface area contributed by atoms with Crippen molar-refractivity contribution in [3.8, 4) is 0 Å². The molecule has 1 aromatic heterocycles. The molecule has 0 aromatic carbocycles. The standard InChI is InChI=1S/C10H19N3/c1-8(2)9-5-12-13(6-9)7-10(3,4)11/h5-6,8H,7,11H2,1-4H3. The maximum Gasteiger partial charge on any atom is 0.0583 e. The molecule has 0 aliphatic heterocycles. The maximum atomic E-state index is 5.89. The van der Waals surface area contributed by atoms with Crippen LogP contribution in [-0.2, 0) is 6.54 Å². The first kappa shape index (κ1) is 10.3. The van der Waals surface area contributed by atoms with Crippen LogP contribution in [0, 0.1) is 0 Å². The molecule has 0 bridgehead atoms. The third kappa shape index (κ3) is 3.19. The first-order valence-electron chi connectivity index (χ1n) is 4.70. The number of hydrogen-bond donors (Lipinski definition) is 1. The normalized spacial score (nSPS) is 12.5. The van der Waals surface area contributed by atoms with Gasteiger partial charge in [0.2, 0.25) is 0 Å². The van der Waals surface area contributed by atoms with Gasteiger partial charge in [-0.1, -0.05) is 13.8 Å². The molecular weight excluding hydrogens is 162 g/mol. The molecule has 1 heterocycles. The molecule has 3 heteroatoms. The summed E-state index contributed by atoms with van der Waals surface area (Å²) in [7, 11) is 0. The monoisotopic (exact) mass is 181 g/mol. The van der Waals surface area contributed by atoms with E-state index < -0.39 is 0 Å². The van der Waals surface area contributed by atoms with Gasteiger partial charge in [-0.3, -0.25) is 4.68 Å². The summed E-state index contributed by atoms with van der Waals surface area (Å²) in [6.45, 7) is 9.09. The highest BCUT2D eigenvalue weighted by atomic mass is 15.3. The predicted molar refractivity (Wildman–Crippen MR) is 54.6 cm³/mol. The van der Waals surface area contributed by atoms with Crippen molar-refractivity contribution in [3.63, 3.8) is 0 Å². The number of nitrogens with two attached hydrogens (primary N) is 1. The second kappa shape index (κ2) is 3.50. The molecule has 1 rings (SSSR count). The van der Waals surface area contributed by atoms with E-state index in [1.807, 2.05) is 24.7 Å². The van der Waals surface area contributed by atoms with Crippen LogP contribution in [0.3, 0.4) is 0 Å². The molecule has 0 aliphatic rings. The van der Waals surface area contributed by atoms with E-state index in [1.54, 1.807) is 0 Å². The first-order chi connectivity index (χ1) is 5.88. The molecule has 2 N–H and O–H groups in total. The van der Waals surface area contributed by atoms with Crippen LogP contribution in [0.5, 0.6) is 0 Å². The number of rotatable bonds is 3. The summed E-state index contributed by atoms with van der Waals surface area (Å²) in [5, 5.41) is 4.26. The lowest BCUT2D eigenvalue weighted by Gasteiger charge is -2.17. The first-order valence-corrected chi connectivity index (χ1v) is 4.70. The van der Waals surface area contributed by atoms with E-state index in [4.69, 9.17) is 5.73 Å². The summed E-state index contributed by atoms with van der Waals surface area (Å²) < 4.78 is 1.91. The van der Waals surface area contributed by atoms with Crippen LogP contribution in [0.1, 0.15) is 39.2 Å². The summed E-state index contributed by atoms with van der Waals surface area (Å²) in [5.74, 6) is 0.537. The summed E-state index contributed by atoms with van der Waals surface area (Å²) in [5.41, 5.74) is 6.97. The molecule has 3 nitrogen and oxygen atoms in total. The van der Waals surface area contributed by atoms with Crippen molar-refractivity contribution >= 4 is 0 Å². The molecule has 0 unspecified atom stereocenters. The van der Waals surface area contributed by atoms with E-state index in [9.17, 15) is 0 Å². The van der Waals surface area contributed by atoms with Gasteiger partial charge in [0.15, 0.2) is 0 Å². The summed E-state index contributed by atoms with van der Waals surface area (Å²) >= 11 is 0. The lowest BCUT2D eigenvalue weighted by molar-refractivity contribution is 0.408. The highest BCUT2D eigenvalue weighted by Gasteiger charge is 2.12. The topological polar surface area (TPSA) is 43.8 Å². The Balaban J connectivity index is 2.70. The average molecular weight is 181 g/mol. The number of aromatic nitrogens is 2. The van der Waals surface area contributed by atoms with Crippen LogP contribution in [0.2, 0.25) is 0 Å². The van der Waals surface area contributed by atoms with E-state index in [0.717, 1.165) is 6.54 Å². The largest absolute Gasteiger partial charge is 0.324 e. The van der Waals surface area contributed by atoms with Crippen molar-refractivity contribution < 1.29 is 0 Å². The molecule has 0 aliphatic carbocycles. The molecule has 0 spiro atoms. The van der Waals surface area contributed by atoms with E-state index in [0.29, 0.717) is 5.92 Å². The summed E-state index contributed by atoms with van der Waals surface area (Å²) in [4.78, 5) is 0.